The fourth-order valence-corrected chi connectivity index (χ4v) is 3.18. The van der Waals surface area contributed by atoms with Crippen LogP contribution in [-0.4, -0.2) is 26.0 Å². The molecule has 0 aliphatic carbocycles. The molecule has 0 saturated heterocycles. The molecule has 7 heteroatoms. The second kappa shape index (κ2) is 6.60. The Balaban J connectivity index is 1.84. The van der Waals surface area contributed by atoms with Crippen LogP contribution in [0.5, 0.6) is 11.6 Å². The molecule has 2 aromatic carbocycles. The van der Waals surface area contributed by atoms with E-state index in [0.717, 1.165) is 22.6 Å². The number of hydrogen-bond acceptors (Lipinski definition) is 7. The average molecular weight is 352 g/mol. The van der Waals surface area contributed by atoms with Crippen molar-refractivity contribution in [2.45, 2.75) is 18.3 Å². The maximum Gasteiger partial charge on any atom is 0.247 e. The number of phenolic OH excluding ortho intramolecular Hbond substituents is 1. The highest BCUT2D eigenvalue weighted by Gasteiger charge is 2.26. The lowest BCUT2D eigenvalue weighted by atomic mass is 10.1. The average Bonchev–Trinajstić information content (AvgIpc) is 2.78. The van der Waals surface area contributed by atoms with Crippen LogP contribution in [0.4, 0.5) is 5.69 Å². The molecule has 25 heavy (non-hydrogen) atoms. The predicted molar refractivity (Wildman–Crippen MR) is 96.8 cm³/mol. The van der Waals surface area contributed by atoms with E-state index in [9.17, 15) is 5.11 Å². The molecule has 1 atom stereocenters. The molecule has 3 aromatic rings. The number of ether oxygens (including phenoxy) is 1. The summed E-state index contributed by atoms with van der Waals surface area (Å²) < 4.78 is 6.12. The van der Waals surface area contributed by atoms with Gasteiger partial charge in [0, 0.05) is 16.8 Å². The van der Waals surface area contributed by atoms with Crippen molar-refractivity contribution in [3.05, 3.63) is 54.1 Å². The third kappa shape index (κ3) is 3.10. The van der Waals surface area contributed by atoms with Gasteiger partial charge in [-0.25, -0.2) is 0 Å². The van der Waals surface area contributed by atoms with E-state index >= 15 is 0 Å². The zero-order chi connectivity index (χ0) is 17.2. The second-order valence-corrected chi connectivity index (χ2v) is 6.70. The number of rotatable bonds is 3. The van der Waals surface area contributed by atoms with Crippen LogP contribution in [0.3, 0.4) is 0 Å². The highest BCUT2D eigenvalue weighted by Crippen LogP contribution is 2.39. The largest absolute Gasteiger partial charge is 0.508 e. The Morgan fingerprint density at radius 1 is 1.16 bits per heavy atom. The maximum absolute atomic E-state index is 9.79. The first kappa shape index (κ1) is 15.7. The Morgan fingerprint density at radius 2 is 2.04 bits per heavy atom. The molecule has 0 unspecified atom stereocenters. The highest BCUT2D eigenvalue weighted by atomic mass is 32.2. The van der Waals surface area contributed by atoms with E-state index in [2.05, 4.69) is 20.5 Å². The van der Waals surface area contributed by atoms with Gasteiger partial charge in [-0.05, 0) is 24.0 Å². The third-order valence-corrected chi connectivity index (χ3v) is 4.50. The van der Waals surface area contributed by atoms with Crippen LogP contribution in [0.25, 0.3) is 11.3 Å². The number of thioether (sulfide) groups is 1. The smallest absolute Gasteiger partial charge is 0.247 e. The molecule has 2 N–H and O–H groups in total. The van der Waals surface area contributed by atoms with Gasteiger partial charge in [0.25, 0.3) is 0 Å². The van der Waals surface area contributed by atoms with Gasteiger partial charge in [-0.2, -0.15) is 4.98 Å². The van der Waals surface area contributed by atoms with Crippen LogP contribution in [0.2, 0.25) is 0 Å². The summed E-state index contributed by atoms with van der Waals surface area (Å²) in [5, 5.41) is 22.3. The molecule has 2 heterocycles. The van der Waals surface area contributed by atoms with Crippen molar-refractivity contribution in [3.8, 4) is 22.9 Å². The van der Waals surface area contributed by atoms with Crippen molar-refractivity contribution in [1.82, 2.24) is 15.2 Å². The Kier molecular flexibility index (Phi) is 4.15. The topological polar surface area (TPSA) is 80.2 Å². The van der Waals surface area contributed by atoms with E-state index in [-0.39, 0.29) is 5.75 Å². The molecule has 0 spiro atoms. The van der Waals surface area contributed by atoms with E-state index in [0.29, 0.717) is 16.7 Å². The molecule has 0 radical (unpaired) electrons. The number of benzene rings is 2. The van der Waals surface area contributed by atoms with E-state index in [1.54, 1.807) is 18.2 Å². The van der Waals surface area contributed by atoms with E-state index in [1.165, 1.54) is 11.8 Å². The molecule has 6 nitrogen and oxygen atoms in total. The van der Waals surface area contributed by atoms with Gasteiger partial charge in [-0.3, -0.25) is 0 Å². The van der Waals surface area contributed by atoms with Crippen LogP contribution >= 0.6 is 11.8 Å². The molecule has 0 bridgehead atoms. The molecule has 0 fully saturated rings. The van der Waals surface area contributed by atoms with E-state index in [4.69, 9.17) is 4.74 Å². The normalized spacial score (nSPS) is 15.3. The molecule has 0 amide bonds. The Labute approximate surface area is 149 Å². The fraction of sp³-hybridized carbons (Fsp3) is 0.167. The van der Waals surface area contributed by atoms with Crippen molar-refractivity contribution >= 4 is 17.4 Å². The summed E-state index contributed by atoms with van der Waals surface area (Å²) >= 11 is 1.51. The summed E-state index contributed by atoms with van der Waals surface area (Å²) in [6.45, 7) is 2.03. The number of para-hydroxylation sites is 1. The number of fused-ring (bicyclic) bond motifs is 3. The van der Waals surface area contributed by atoms with Crippen molar-refractivity contribution in [3.63, 3.8) is 0 Å². The van der Waals surface area contributed by atoms with Crippen molar-refractivity contribution < 1.29 is 9.84 Å². The minimum absolute atomic E-state index is 0.184. The number of nitrogens with zero attached hydrogens (tertiary/aromatic N) is 3. The minimum Gasteiger partial charge on any atom is -0.508 e. The number of aromatic hydroxyl groups is 1. The molecular weight excluding hydrogens is 336 g/mol. The molecule has 1 aliphatic heterocycles. The SMILES string of the molecule is CCSc1nnc2c(n1)O[C@H](c1cccc(O)c1)Nc1ccccc1-2. The number of hydrogen-bond donors (Lipinski definition) is 2. The van der Waals surface area contributed by atoms with E-state index < -0.39 is 6.23 Å². The van der Waals surface area contributed by atoms with Gasteiger partial charge in [0.05, 0.1) is 0 Å². The maximum atomic E-state index is 9.79. The van der Waals surface area contributed by atoms with Crippen LogP contribution in [0, 0.1) is 0 Å². The minimum atomic E-state index is -0.495. The first-order valence-corrected chi connectivity index (χ1v) is 8.92. The van der Waals surface area contributed by atoms with Gasteiger partial charge in [0.1, 0.15) is 5.75 Å². The highest BCUT2D eigenvalue weighted by molar-refractivity contribution is 7.99. The number of phenols is 1. The van der Waals surface area contributed by atoms with Crippen molar-refractivity contribution in [2.24, 2.45) is 0 Å². The van der Waals surface area contributed by atoms with Crippen molar-refractivity contribution in [2.75, 3.05) is 11.1 Å². The third-order valence-electron chi connectivity index (χ3n) is 3.78. The second-order valence-electron chi connectivity index (χ2n) is 5.46. The Bertz CT molecular complexity index is 919. The lowest BCUT2D eigenvalue weighted by Crippen LogP contribution is -2.17. The lowest BCUT2D eigenvalue weighted by Gasteiger charge is -2.19. The summed E-state index contributed by atoms with van der Waals surface area (Å²) in [6.07, 6.45) is -0.495. The van der Waals surface area contributed by atoms with Gasteiger partial charge in [0.15, 0.2) is 11.9 Å². The summed E-state index contributed by atoms with van der Waals surface area (Å²) in [4.78, 5) is 4.52. The van der Waals surface area contributed by atoms with Gasteiger partial charge < -0.3 is 15.2 Å². The Hall–Kier alpha value is -2.80. The summed E-state index contributed by atoms with van der Waals surface area (Å²) in [5.41, 5.74) is 3.16. The Morgan fingerprint density at radius 3 is 2.88 bits per heavy atom. The molecular formula is C18H16N4O2S. The summed E-state index contributed by atoms with van der Waals surface area (Å²) in [7, 11) is 0. The summed E-state index contributed by atoms with van der Waals surface area (Å²) in [5.74, 6) is 1.46. The van der Waals surface area contributed by atoms with Crippen LogP contribution in [0.1, 0.15) is 18.7 Å². The quantitative estimate of drug-likeness (QED) is 0.693. The van der Waals surface area contributed by atoms with Gasteiger partial charge >= 0.3 is 0 Å². The standard InChI is InChI=1S/C18H16N4O2S/c1-2-25-18-20-17-15(21-22-18)13-8-3-4-9-14(13)19-16(24-17)11-6-5-7-12(23)10-11/h3-10,16,19,23H,2H2,1H3/t16-/m1/s1. The van der Waals surface area contributed by atoms with Crippen LogP contribution in [0.15, 0.2) is 53.7 Å². The zero-order valence-corrected chi connectivity index (χ0v) is 14.3. The molecule has 1 aromatic heterocycles. The number of aromatic nitrogens is 3. The molecule has 1 aliphatic rings. The van der Waals surface area contributed by atoms with Gasteiger partial charge in [0.2, 0.25) is 11.0 Å². The van der Waals surface area contributed by atoms with Gasteiger partial charge in [-0.15, -0.1) is 10.2 Å². The van der Waals surface area contributed by atoms with Crippen molar-refractivity contribution in [1.29, 1.82) is 0 Å². The summed E-state index contributed by atoms with van der Waals surface area (Å²) in [6, 6.07) is 14.8. The van der Waals surface area contributed by atoms with Crippen LogP contribution in [-0.2, 0) is 0 Å². The first-order valence-electron chi connectivity index (χ1n) is 7.93. The fourth-order valence-electron chi connectivity index (χ4n) is 2.68. The van der Waals surface area contributed by atoms with Crippen LogP contribution < -0.4 is 10.1 Å². The van der Waals surface area contributed by atoms with Gasteiger partial charge in [-0.1, -0.05) is 49.0 Å². The lowest BCUT2D eigenvalue weighted by molar-refractivity contribution is 0.225. The first-order chi connectivity index (χ1) is 12.2. The van der Waals surface area contributed by atoms with E-state index in [1.807, 2.05) is 37.3 Å². The number of anilines is 1. The molecule has 126 valence electrons. The molecule has 4 rings (SSSR count). The zero-order valence-electron chi connectivity index (χ0n) is 13.5. The number of nitrogens with one attached hydrogen (secondary N) is 1. The monoisotopic (exact) mass is 352 g/mol. The predicted octanol–water partition coefficient (Wildman–Crippen LogP) is 3.86. The molecule has 0 saturated carbocycles.